The fourth-order valence-electron chi connectivity index (χ4n) is 1.14. The van der Waals surface area contributed by atoms with E-state index >= 15 is 0 Å². The molecule has 2 aromatic rings. The Labute approximate surface area is 90.2 Å². The smallest absolute Gasteiger partial charge is 0.0904 e. The van der Waals surface area contributed by atoms with E-state index < -0.39 is 0 Å². The van der Waals surface area contributed by atoms with Crippen molar-refractivity contribution < 1.29 is 0 Å². The molecule has 0 aliphatic rings. The summed E-state index contributed by atoms with van der Waals surface area (Å²) in [5.74, 6) is 0. The number of hydrogen-bond donors (Lipinski definition) is 0. The zero-order valence-corrected chi connectivity index (χ0v) is 8.66. The Morgan fingerprint density at radius 1 is 1.08 bits per heavy atom. The summed E-state index contributed by atoms with van der Waals surface area (Å²) in [6, 6.07) is 5.23. The van der Waals surface area contributed by atoms with Gasteiger partial charge in [-0.3, -0.25) is 4.98 Å². The topological polar surface area (TPSA) is 12.9 Å². The van der Waals surface area contributed by atoms with Gasteiger partial charge in [-0.2, -0.15) is 0 Å². The molecule has 2 rings (SSSR count). The molecule has 0 atom stereocenters. The van der Waals surface area contributed by atoms with E-state index in [4.69, 9.17) is 34.8 Å². The summed E-state index contributed by atoms with van der Waals surface area (Å²) in [4.78, 5) is 4.11. The second-order valence-corrected chi connectivity index (χ2v) is 3.75. The minimum Gasteiger partial charge on any atom is -0.255 e. The maximum absolute atomic E-state index is 5.97. The van der Waals surface area contributed by atoms with E-state index in [2.05, 4.69) is 4.98 Å². The van der Waals surface area contributed by atoms with Crippen molar-refractivity contribution in [3.63, 3.8) is 0 Å². The van der Waals surface area contributed by atoms with Gasteiger partial charge >= 0.3 is 0 Å². The molecule has 1 aromatic carbocycles. The van der Waals surface area contributed by atoms with Crippen LogP contribution in [0.5, 0.6) is 0 Å². The standard InChI is InChI=1S/C9H4Cl3N/c10-6-4-7(11)9-5(8(6)12)2-1-3-13-9/h1-4H. The molecule has 0 amide bonds. The van der Waals surface area contributed by atoms with Crippen LogP contribution in [0.4, 0.5) is 0 Å². The quantitative estimate of drug-likeness (QED) is 0.621. The monoisotopic (exact) mass is 231 g/mol. The molecule has 1 heterocycles. The largest absolute Gasteiger partial charge is 0.255 e. The van der Waals surface area contributed by atoms with Crippen LogP contribution in [0.2, 0.25) is 15.1 Å². The van der Waals surface area contributed by atoms with E-state index in [1.165, 1.54) is 0 Å². The van der Waals surface area contributed by atoms with Crippen LogP contribution in [0, 0.1) is 0 Å². The van der Waals surface area contributed by atoms with Crippen molar-refractivity contribution >= 4 is 45.7 Å². The van der Waals surface area contributed by atoms with Crippen molar-refractivity contribution in [3.05, 3.63) is 39.5 Å². The van der Waals surface area contributed by atoms with Crippen molar-refractivity contribution in [2.24, 2.45) is 0 Å². The van der Waals surface area contributed by atoms with Gasteiger partial charge in [0, 0.05) is 11.6 Å². The summed E-state index contributed by atoms with van der Waals surface area (Å²) in [5.41, 5.74) is 0.679. The molecule has 4 heteroatoms. The van der Waals surface area contributed by atoms with Gasteiger partial charge in [0.05, 0.1) is 20.6 Å². The van der Waals surface area contributed by atoms with Crippen LogP contribution in [-0.2, 0) is 0 Å². The second-order valence-electron chi connectivity index (χ2n) is 2.55. The molecule has 0 radical (unpaired) electrons. The zero-order chi connectivity index (χ0) is 9.42. The van der Waals surface area contributed by atoms with Crippen LogP contribution in [0.15, 0.2) is 24.4 Å². The van der Waals surface area contributed by atoms with Crippen LogP contribution in [0.25, 0.3) is 10.9 Å². The van der Waals surface area contributed by atoms with Gasteiger partial charge in [-0.1, -0.05) is 34.8 Å². The molecule has 0 spiro atoms. The summed E-state index contributed by atoms with van der Waals surface area (Å²) in [6.07, 6.45) is 1.67. The summed E-state index contributed by atoms with van der Waals surface area (Å²) < 4.78 is 0. The Morgan fingerprint density at radius 3 is 2.62 bits per heavy atom. The molecule has 0 aliphatic heterocycles. The first-order valence-corrected chi connectivity index (χ1v) is 4.72. The number of benzene rings is 1. The van der Waals surface area contributed by atoms with Crippen LogP contribution in [-0.4, -0.2) is 4.98 Å². The van der Waals surface area contributed by atoms with Gasteiger partial charge in [0.1, 0.15) is 0 Å². The highest BCUT2D eigenvalue weighted by atomic mass is 35.5. The first kappa shape index (κ1) is 9.07. The molecule has 0 aliphatic carbocycles. The third kappa shape index (κ3) is 1.48. The average molecular weight is 232 g/mol. The second kappa shape index (κ2) is 3.33. The summed E-state index contributed by atoms with van der Waals surface area (Å²) >= 11 is 17.7. The molecule has 1 nitrogen and oxygen atoms in total. The highest BCUT2D eigenvalue weighted by molar-refractivity contribution is 6.47. The van der Waals surface area contributed by atoms with Crippen LogP contribution in [0.3, 0.4) is 0 Å². The van der Waals surface area contributed by atoms with Gasteiger partial charge < -0.3 is 0 Å². The lowest BCUT2D eigenvalue weighted by molar-refractivity contribution is 1.41. The van der Waals surface area contributed by atoms with Gasteiger partial charge in [0.15, 0.2) is 0 Å². The van der Waals surface area contributed by atoms with E-state index in [1.54, 1.807) is 18.3 Å². The Balaban J connectivity index is 2.97. The number of aromatic nitrogens is 1. The molecule has 0 N–H and O–H groups in total. The van der Waals surface area contributed by atoms with Crippen LogP contribution < -0.4 is 0 Å². The van der Waals surface area contributed by atoms with Gasteiger partial charge in [-0.25, -0.2) is 0 Å². The maximum atomic E-state index is 5.97. The first-order chi connectivity index (χ1) is 6.20. The van der Waals surface area contributed by atoms with Gasteiger partial charge in [0.25, 0.3) is 0 Å². The normalized spacial score (nSPS) is 10.7. The molecule has 13 heavy (non-hydrogen) atoms. The van der Waals surface area contributed by atoms with E-state index in [-0.39, 0.29) is 0 Å². The van der Waals surface area contributed by atoms with Gasteiger partial charge in [-0.05, 0) is 18.2 Å². The minimum atomic E-state index is 0.451. The fraction of sp³-hybridized carbons (Fsp3) is 0. The SMILES string of the molecule is Clc1cc(Cl)c2ncccc2c1Cl. The molecule has 0 saturated heterocycles. The van der Waals surface area contributed by atoms with E-state index in [0.717, 1.165) is 5.39 Å². The summed E-state index contributed by atoms with van der Waals surface area (Å²) in [5, 5.41) is 2.24. The number of pyridine rings is 1. The Morgan fingerprint density at radius 2 is 1.85 bits per heavy atom. The number of fused-ring (bicyclic) bond motifs is 1. The molecular formula is C9H4Cl3N. The van der Waals surface area contributed by atoms with Gasteiger partial charge in [0.2, 0.25) is 0 Å². The summed E-state index contributed by atoms with van der Waals surface area (Å²) in [6.45, 7) is 0. The van der Waals surface area contributed by atoms with Crippen LogP contribution in [0.1, 0.15) is 0 Å². The molecule has 0 unspecified atom stereocenters. The lowest BCUT2D eigenvalue weighted by Gasteiger charge is -2.02. The Kier molecular flexibility index (Phi) is 2.33. The Hall–Kier alpha value is -0.500. The average Bonchev–Trinajstić information content (AvgIpc) is 2.15. The fourth-order valence-corrected chi connectivity index (χ4v) is 1.88. The number of halogens is 3. The lowest BCUT2D eigenvalue weighted by Crippen LogP contribution is -1.81. The molecule has 66 valence electrons. The van der Waals surface area contributed by atoms with Crippen molar-refractivity contribution in [1.82, 2.24) is 4.98 Å². The predicted octanol–water partition coefficient (Wildman–Crippen LogP) is 4.20. The van der Waals surface area contributed by atoms with E-state index in [1.807, 2.05) is 6.07 Å². The number of hydrogen-bond acceptors (Lipinski definition) is 1. The highest BCUT2D eigenvalue weighted by Crippen LogP contribution is 2.34. The highest BCUT2D eigenvalue weighted by Gasteiger charge is 2.07. The number of nitrogens with zero attached hydrogens (tertiary/aromatic N) is 1. The third-order valence-corrected chi connectivity index (χ3v) is 2.82. The van der Waals surface area contributed by atoms with Crippen LogP contribution >= 0.6 is 34.8 Å². The molecule has 0 saturated carbocycles. The van der Waals surface area contributed by atoms with Gasteiger partial charge in [-0.15, -0.1) is 0 Å². The molecule has 0 fully saturated rings. The van der Waals surface area contributed by atoms with Crippen molar-refractivity contribution in [3.8, 4) is 0 Å². The number of rotatable bonds is 0. The first-order valence-electron chi connectivity index (χ1n) is 3.58. The molecule has 1 aromatic heterocycles. The third-order valence-electron chi connectivity index (χ3n) is 1.73. The minimum absolute atomic E-state index is 0.451. The Bertz CT molecular complexity index is 468. The molecule has 0 bridgehead atoms. The molecular weight excluding hydrogens is 228 g/mol. The van der Waals surface area contributed by atoms with Crippen molar-refractivity contribution in [2.75, 3.05) is 0 Å². The predicted molar refractivity (Wildman–Crippen MR) is 56.8 cm³/mol. The maximum Gasteiger partial charge on any atom is 0.0904 e. The lowest BCUT2D eigenvalue weighted by atomic mass is 10.2. The summed E-state index contributed by atoms with van der Waals surface area (Å²) in [7, 11) is 0. The zero-order valence-electron chi connectivity index (χ0n) is 6.39. The van der Waals surface area contributed by atoms with E-state index in [9.17, 15) is 0 Å². The van der Waals surface area contributed by atoms with E-state index in [0.29, 0.717) is 20.6 Å². The van der Waals surface area contributed by atoms with Crippen molar-refractivity contribution in [2.45, 2.75) is 0 Å². The van der Waals surface area contributed by atoms with Crippen molar-refractivity contribution in [1.29, 1.82) is 0 Å².